The number of phenolic OH excluding ortho intramolecular Hbond substituents is 30. The molecule has 0 aliphatic carbocycles. The number of hydrogen-bond acceptors (Lipinski definition) is 34. The molecule has 30 N–H and O–H groups in total. The molecular weight excluding hydrogens is 1160 g/mol. The fraction of sp³-hybridized carbons (Fsp3) is 0. The number of furan rings is 1. The predicted octanol–water partition coefficient (Wildman–Crippen LogP) is 4.37. The lowest BCUT2D eigenvalue weighted by Gasteiger charge is -2.19. The molecular formula is C51H32N4O31. The maximum atomic E-state index is 12.4. The molecule has 3 heterocycles. The van der Waals surface area contributed by atoms with Gasteiger partial charge in [-0.3, -0.25) is 0 Å². The van der Waals surface area contributed by atoms with E-state index in [1.54, 1.807) is 0 Å². The van der Waals surface area contributed by atoms with Gasteiger partial charge in [0.15, 0.2) is 115 Å². The van der Waals surface area contributed by atoms with Crippen molar-refractivity contribution in [2.75, 3.05) is 0 Å². The van der Waals surface area contributed by atoms with E-state index in [2.05, 4.69) is 15.0 Å². The van der Waals surface area contributed by atoms with Crippen LogP contribution in [0.1, 0.15) is 0 Å². The van der Waals surface area contributed by atoms with E-state index in [9.17, 15) is 153 Å². The van der Waals surface area contributed by atoms with E-state index >= 15 is 0 Å². The molecule has 442 valence electrons. The summed E-state index contributed by atoms with van der Waals surface area (Å²) in [5, 5.41) is 327. The molecule has 0 saturated carbocycles. The lowest BCUT2D eigenvalue weighted by Crippen LogP contribution is -2.03. The Hall–Kier alpha value is -13.6. The van der Waals surface area contributed by atoms with Crippen molar-refractivity contribution in [3.8, 4) is 235 Å². The first-order valence-corrected chi connectivity index (χ1v) is 23.0. The van der Waals surface area contributed by atoms with Crippen LogP contribution in [-0.2, 0) is 0 Å². The van der Waals surface area contributed by atoms with Crippen LogP contribution in [0, 0.1) is 0 Å². The van der Waals surface area contributed by atoms with Crippen molar-refractivity contribution in [1.29, 1.82) is 0 Å². The van der Waals surface area contributed by atoms with Gasteiger partial charge in [-0.05, 0) is 12.1 Å². The zero-order valence-electron chi connectivity index (χ0n) is 41.3. The second kappa shape index (κ2) is 17.4. The first-order valence-electron chi connectivity index (χ1n) is 23.0. The van der Waals surface area contributed by atoms with Gasteiger partial charge in [-0.2, -0.15) is 0 Å². The third kappa shape index (κ3) is 6.61. The highest BCUT2D eigenvalue weighted by atomic mass is 16.4. The normalized spacial score (nSPS) is 11.7. The van der Waals surface area contributed by atoms with E-state index in [-0.39, 0.29) is 0 Å². The summed E-state index contributed by atoms with van der Waals surface area (Å²) in [7, 11) is 0. The largest absolute Gasteiger partial charge is 0.507 e. The zero-order valence-corrected chi connectivity index (χ0v) is 41.3. The van der Waals surface area contributed by atoms with Crippen LogP contribution in [0.25, 0.3) is 106 Å². The standard InChI is InChI=1S/C51H32N4O31/c56-17-4(6-18(57)34(73)44(83)35(74)19(6)58)1-3(55-15-7(20(59)36(75)42(81)31(15)70)8-16(55)32(71)43(82)37(76)21(8)60)2-5(17)49-52-50(13-28(67)40(79)46(85)41(80)29(13)68)54-51(53-49)14-27(66)24(63)12-11-26(65)33(72)25(64)10(47(11)86-48(12)30(14)69)9-22(61)38(77)45(84)39(78)23(9)62/h1-2,56-85H. The number of aromatic hydroxyl groups is 30. The predicted molar refractivity (Wildman–Crippen MR) is 279 cm³/mol. The summed E-state index contributed by atoms with van der Waals surface area (Å²) in [4.78, 5) is 12.1. The first kappa shape index (κ1) is 54.3. The summed E-state index contributed by atoms with van der Waals surface area (Å²) < 4.78 is 6.11. The van der Waals surface area contributed by atoms with E-state index in [1.807, 2.05) is 0 Å². The van der Waals surface area contributed by atoms with Crippen molar-refractivity contribution >= 4 is 43.7 Å². The number of aromatic nitrogens is 4. The van der Waals surface area contributed by atoms with Crippen LogP contribution in [0.4, 0.5) is 0 Å². The Morgan fingerprint density at radius 1 is 0.221 bits per heavy atom. The van der Waals surface area contributed by atoms with Gasteiger partial charge in [0.1, 0.15) is 27.9 Å². The van der Waals surface area contributed by atoms with Gasteiger partial charge >= 0.3 is 0 Å². The maximum absolute atomic E-state index is 12.4. The number of nitrogens with zero attached hydrogens (tertiary/aromatic N) is 4. The molecule has 0 aliphatic heterocycles. The third-order valence-electron chi connectivity index (χ3n) is 14.0. The van der Waals surface area contributed by atoms with Crippen molar-refractivity contribution < 1.29 is 158 Å². The van der Waals surface area contributed by atoms with Gasteiger partial charge in [0.2, 0.25) is 80.5 Å². The number of phenols is 30. The van der Waals surface area contributed by atoms with Crippen molar-refractivity contribution in [2.24, 2.45) is 0 Å². The molecule has 0 fully saturated rings. The highest BCUT2D eigenvalue weighted by Crippen LogP contribution is 2.65. The van der Waals surface area contributed by atoms with E-state index in [1.165, 1.54) is 0 Å². The topological polar surface area (TPSA) is 664 Å². The highest BCUT2D eigenvalue weighted by Gasteiger charge is 2.39. The number of rotatable bonds is 6. The Morgan fingerprint density at radius 3 is 0.942 bits per heavy atom. The monoisotopic (exact) mass is 1200 g/mol. The molecule has 0 radical (unpaired) electrons. The van der Waals surface area contributed by atoms with Crippen LogP contribution in [0.3, 0.4) is 0 Å². The molecule has 0 aliphatic rings. The molecule has 0 unspecified atom stereocenters. The number of fused-ring (bicyclic) bond motifs is 6. The zero-order chi connectivity index (χ0) is 63.1. The van der Waals surface area contributed by atoms with Crippen LogP contribution in [0.15, 0.2) is 16.5 Å². The molecule has 0 amide bonds. The van der Waals surface area contributed by atoms with Gasteiger partial charge in [-0.25, -0.2) is 15.0 Å². The molecule has 35 nitrogen and oxygen atoms in total. The molecule has 11 rings (SSSR count). The smallest absolute Gasteiger partial charge is 0.208 e. The molecule has 86 heavy (non-hydrogen) atoms. The van der Waals surface area contributed by atoms with Gasteiger partial charge < -0.3 is 162 Å². The van der Waals surface area contributed by atoms with Gasteiger partial charge in [-0.15, -0.1) is 0 Å². The Kier molecular flexibility index (Phi) is 11.0. The summed E-state index contributed by atoms with van der Waals surface area (Å²) >= 11 is 0. The van der Waals surface area contributed by atoms with Crippen LogP contribution < -0.4 is 0 Å². The van der Waals surface area contributed by atoms with Crippen molar-refractivity contribution in [3.63, 3.8) is 0 Å². The van der Waals surface area contributed by atoms with E-state index in [0.29, 0.717) is 16.7 Å². The summed E-state index contributed by atoms with van der Waals surface area (Å²) in [5.74, 6) is -51.7. The minimum absolute atomic E-state index is 0.398. The van der Waals surface area contributed by atoms with Crippen LogP contribution in [-0.4, -0.2) is 173 Å². The number of hydrogen-bond donors (Lipinski definition) is 30. The molecule has 8 aromatic carbocycles. The van der Waals surface area contributed by atoms with E-state index in [0.717, 1.165) is 0 Å². The van der Waals surface area contributed by atoms with E-state index in [4.69, 9.17) is 4.42 Å². The van der Waals surface area contributed by atoms with Crippen molar-refractivity contribution in [3.05, 3.63) is 12.1 Å². The average Bonchev–Trinajstić information content (AvgIpc) is 1.53. The van der Waals surface area contributed by atoms with Gasteiger partial charge in [-0.1, -0.05) is 0 Å². The summed E-state index contributed by atoms with van der Waals surface area (Å²) in [6.45, 7) is 0. The van der Waals surface area contributed by atoms with Crippen LogP contribution in [0.2, 0.25) is 0 Å². The Labute approximate surface area is 466 Å². The molecule has 35 heteroatoms. The minimum Gasteiger partial charge on any atom is -0.507 e. The molecule has 0 saturated heterocycles. The second-order valence-electron chi connectivity index (χ2n) is 18.5. The lowest BCUT2D eigenvalue weighted by atomic mass is 9.96. The van der Waals surface area contributed by atoms with Crippen molar-refractivity contribution in [2.45, 2.75) is 0 Å². The summed E-state index contributed by atoms with van der Waals surface area (Å²) in [6.07, 6.45) is 0. The molecule has 11 aromatic rings. The fourth-order valence-electron chi connectivity index (χ4n) is 9.83. The highest BCUT2D eigenvalue weighted by molar-refractivity contribution is 6.22. The third-order valence-corrected chi connectivity index (χ3v) is 14.0. The Bertz CT molecular complexity index is 4850. The average molecular weight is 1200 g/mol. The maximum Gasteiger partial charge on any atom is 0.208 e. The minimum atomic E-state index is -1.68. The lowest BCUT2D eigenvalue weighted by molar-refractivity contribution is 0.329. The van der Waals surface area contributed by atoms with Crippen LogP contribution in [0.5, 0.6) is 172 Å². The summed E-state index contributed by atoms with van der Waals surface area (Å²) in [6, 6.07) is 1.08. The number of benzene rings is 8. The second-order valence-corrected chi connectivity index (χ2v) is 18.5. The van der Waals surface area contributed by atoms with Crippen molar-refractivity contribution in [1.82, 2.24) is 19.5 Å². The fourth-order valence-corrected chi connectivity index (χ4v) is 9.83. The SMILES string of the molecule is Oc1c(-c2nc(-c3c(O)c(O)c(O)c(O)c3O)nc(-c3c(O)c(O)c4c(oc5c(-c6c(O)c(O)c(O)c(O)c6O)c(O)c(O)c(O)c54)c3O)n2)cc(-n2c3c(O)c(O)c(O)c(O)c3c3c(O)c(O)c(O)c(O)c32)cc1-c1c(O)c(O)c(O)c(O)c1O. The molecule has 0 bridgehead atoms. The van der Waals surface area contributed by atoms with Crippen LogP contribution >= 0.6 is 0 Å². The van der Waals surface area contributed by atoms with E-state index < -0.39 is 278 Å². The molecule has 3 aromatic heterocycles. The van der Waals surface area contributed by atoms with Gasteiger partial charge in [0, 0.05) is 11.3 Å². The first-order chi connectivity index (χ1) is 40.2. The quantitative estimate of drug-likeness (QED) is 0.0811. The Morgan fingerprint density at radius 2 is 0.500 bits per heavy atom. The Balaban J connectivity index is 1.33. The molecule has 0 spiro atoms. The molecule has 0 atom stereocenters. The van der Waals surface area contributed by atoms with Gasteiger partial charge in [0.25, 0.3) is 0 Å². The van der Waals surface area contributed by atoms with Gasteiger partial charge in [0.05, 0.1) is 43.8 Å². The summed E-state index contributed by atoms with van der Waals surface area (Å²) in [5.41, 5.74) is -14.5.